The minimum atomic E-state index is -0.529. The lowest BCUT2D eigenvalue weighted by atomic mass is 10.2. The molecule has 1 amide bonds. The van der Waals surface area contributed by atoms with Crippen molar-refractivity contribution >= 4 is 23.3 Å². The van der Waals surface area contributed by atoms with Gasteiger partial charge in [0.2, 0.25) is 0 Å². The predicted octanol–water partition coefficient (Wildman–Crippen LogP) is 6.32. The van der Waals surface area contributed by atoms with Crippen LogP contribution in [-0.4, -0.2) is 21.7 Å². The van der Waals surface area contributed by atoms with Gasteiger partial charge in [-0.2, -0.15) is 0 Å². The molecule has 150 valence electrons. The number of aryl methyl sites for hydroxylation is 1. The van der Waals surface area contributed by atoms with E-state index in [0.717, 1.165) is 11.4 Å². The van der Waals surface area contributed by atoms with Gasteiger partial charge in [0, 0.05) is 23.1 Å². The fourth-order valence-electron chi connectivity index (χ4n) is 1.77. The van der Waals surface area contributed by atoms with Crippen LogP contribution in [0, 0.1) is 6.92 Å². The van der Waals surface area contributed by atoms with Crippen LogP contribution in [-0.2, 0) is 4.74 Å². The van der Waals surface area contributed by atoms with E-state index in [9.17, 15) is 4.79 Å². The number of hydrogen-bond donors (Lipinski definition) is 2. The monoisotopic (exact) mass is 374 g/mol. The van der Waals surface area contributed by atoms with Crippen LogP contribution >= 0.6 is 0 Å². The zero-order chi connectivity index (χ0) is 20.9. The summed E-state index contributed by atoms with van der Waals surface area (Å²) in [7, 11) is 0. The van der Waals surface area contributed by atoms with Gasteiger partial charge in [-0.15, -0.1) is 0 Å². The lowest BCUT2D eigenvalue weighted by molar-refractivity contribution is 0.0636. The van der Waals surface area contributed by atoms with Crippen molar-refractivity contribution in [2.45, 2.75) is 67.4 Å². The van der Waals surface area contributed by atoms with Gasteiger partial charge in [0.15, 0.2) is 0 Å². The minimum absolute atomic E-state index is 0.484. The number of amides is 1. The van der Waals surface area contributed by atoms with Crippen LogP contribution in [0.25, 0.3) is 0 Å². The van der Waals surface area contributed by atoms with E-state index < -0.39 is 11.7 Å². The Morgan fingerprint density at radius 1 is 1.07 bits per heavy atom. The third-order valence-corrected chi connectivity index (χ3v) is 2.58. The first-order valence-electron chi connectivity index (χ1n) is 9.39. The third kappa shape index (κ3) is 11.6. The van der Waals surface area contributed by atoms with Crippen LogP contribution < -0.4 is 10.6 Å². The second-order valence-electron chi connectivity index (χ2n) is 6.58. The Morgan fingerprint density at radius 3 is 2.22 bits per heavy atom. The Morgan fingerprint density at radius 2 is 1.67 bits per heavy atom. The number of nitrogens with one attached hydrogen (secondary N) is 2. The summed E-state index contributed by atoms with van der Waals surface area (Å²) in [4.78, 5) is 20.0. The molecule has 1 aromatic heterocycles. The highest BCUT2D eigenvalue weighted by Gasteiger charge is 2.16. The van der Waals surface area contributed by atoms with Crippen molar-refractivity contribution in [3.8, 4) is 0 Å². The number of carbonyl (C=O) groups excluding carboxylic acids is 1. The van der Waals surface area contributed by atoms with Crippen LogP contribution in [0.15, 0.2) is 36.7 Å². The van der Waals surface area contributed by atoms with Crippen molar-refractivity contribution in [2.24, 2.45) is 0 Å². The quantitative estimate of drug-likeness (QED) is 0.657. The molecule has 0 bridgehead atoms. The Hall–Kier alpha value is -2.63. The number of carbonyl (C=O) groups is 1. The fourth-order valence-corrected chi connectivity index (χ4v) is 1.77. The first kappa shape index (κ1) is 24.4. The molecule has 0 fully saturated rings. The van der Waals surface area contributed by atoms with Gasteiger partial charge in [0.1, 0.15) is 17.7 Å². The van der Waals surface area contributed by atoms with Crippen LogP contribution in [0.3, 0.4) is 0 Å². The van der Waals surface area contributed by atoms with E-state index in [2.05, 4.69) is 34.4 Å². The molecule has 1 heterocycles. The highest BCUT2D eigenvalue weighted by atomic mass is 16.6. The van der Waals surface area contributed by atoms with E-state index in [0.29, 0.717) is 11.5 Å². The summed E-state index contributed by atoms with van der Waals surface area (Å²) >= 11 is 0. The van der Waals surface area contributed by atoms with Gasteiger partial charge in [-0.25, -0.2) is 14.8 Å². The molecule has 0 aliphatic rings. The molecule has 6 heteroatoms. The fraction of sp³-hybridized carbons (Fsp3) is 0.476. The zero-order valence-corrected chi connectivity index (χ0v) is 17.9. The molecule has 27 heavy (non-hydrogen) atoms. The molecule has 0 radical (unpaired) electrons. The van der Waals surface area contributed by atoms with Gasteiger partial charge in [-0.3, -0.25) is 5.32 Å². The molecule has 0 atom stereocenters. The van der Waals surface area contributed by atoms with Crippen LogP contribution in [0.5, 0.6) is 0 Å². The van der Waals surface area contributed by atoms with E-state index in [4.69, 9.17) is 4.74 Å². The summed E-state index contributed by atoms with van der Waals surface area (Å²) in [5.41, 5.74) is 1.80. The van der Waals surface area contributed by atoms with Gasteiger partial charge in [-0.1, -0.05) is 40.2 Å². The number of hydrogen-bond acceptors (Lipinski definition) is 5. The number of anilines is 3. The molecular weight excluding hydrogens is 340 g/mol. The number of aromatic nitrogens is 2. The topological polar surface area (TPSA) is 76.1 Å². The van der Waals surface area contributed by atoms with Crippen LogP contribution in [0.2, 0.25) is 0 Å². The summed E-state index contributed by atoms with van der Waals surface area (Å²) in [6, 6.07) is 9.16. The first-order valence-corrected chi connectivity index (χ1v) is 9.39. The van der Waals surface area contributed by atoms with E-state index in [-0.39, 0.29) is 0 Å². The van der Waals surface area contributed by atoms with Crippen molar-refractivity contribution in [3.05, 3.63) is 42.4 Å². The van der Waals surface area contributed by atoms with Gasteiger partial charge in [-0.05, 0) is 45.9 Å². The van der Waals surface area contributed by atoms with E-state index >= 15 is 0 Å². The maximum atomic E-state index is 11.8. The minimum Gasteiger partial charge on any atom is -0.444 e. The largest absolute Gasteiger partial charge is 0.444 e. The second kappa shape index (κ2) is 12.7. The Balaban J connectivity index is 0.00000123. The smallest absolute Gasteiger partial charge is 0.412 e. The van der Waals surface area contributed by atoms with E-state index in [1.54, 1.807) is 12.1 Å². The zero-order valence-electron chi connectivity index (χ0n) is 17.9. The van der Waals surface area contributed by atoms with Crippen molar-refractivity contribution in [1.29, 1.82) is 0 Å². The molecule has 2 aromatic rings. The molecule has 0 spiro atoms. The summed E-state index contributed by atoms with van der Waals surface area (Å²) in [5, 5.41) is 5.87. The second-order valence-corrected chi connectivity index (χ2v) is 6.58. The van der Waals surface area contributed by atoms with Crippen molar-refractivity contribution in [1.82, 2.24) is 9.97 Å². The highest BCUT2D eigenvalue weighted by molar-refractivity contribution is 5.85. The van der Waals surface area contributed by atoms with Gasteiger partial charge in [0.05, 0.1) is 0 Å². The summed E-state index contributed by atoms with van der Waals surface area (Å²) in [6.07, 6.45) is 2.27. The van der Waals surface area contributed by atoms with Crippen LogP contribution in [0.4, 0.5) is 22.0 Å². The highest BCUT2D eigenvalue weighted by Crippen LogP contribution is 2.19. The molecule has 0 aliphatic carbocycles. The SMILES string of the molecule is CC.CCC.Cc1cc(Nc2cccc(NC(=O)OC(C)(C)C)c2)ncn1. The predicted molar refractivity (Wildman–Crippen MR) is 114 cm³/mol. The number of rotatable bonds is 3. The molecule has 2 rings (SSSR count). The van der Waals surface area contributed by atoms with E-state index in [1.807, 2.05) is 59.7 Å². The van der Waals surface area contributed by atoms with Crippen molar-refractivity contribution in [3.63, 3.8) is 0 Å². The molecule has 6 nitrogen and oxygen atoms in total. The lowest BCUT2D eigenvalue weighted by Crippen LogP contribution is -2.27. The molecular formula is C21H34N4O2. The molecule has 1 aromatic carbocycles. The van der Waals surface area contributed by atoms with Crippen LogP contribution in [0.1, 0.15) is 60.6 Å². The average Bonchev–Trinajstić information content (AvgIpc) is 2.56. The Labute approximate surface area is 163 Å². The molecule has 0 unspecified atom stereocenters. The first-order chi connectivity index (χ1) is 12.7. The number of benzene rings is 1. The van der Waals surface area contributed by atoms with Gasteiger partial charge in [0.25, 0.3) is 0 Å². The third-order valence-electron chi connectivity index (χ3n) is 2.58. The molecule has 0 saturated carbocycles. The molecule has 2 N–H and O–H groups in total. The average molecular weight is 375 g/mol. The summed E-state index contributed by atoms with van der Waals surface area (Å²) in [6.45, 7) is 15.6. The van der Waals surface area contributed by atoms with Gasteiger partial charge >= 0.3 is 6.09 Å². The lowest BCUT2D eigenvalue weighted by Gasteiger charge is -2.19. The van der Waals surface area contributed by atoms with Gasteiger partial charge < -0.3 is 10.1 Å². The summed E-state index contributed by atoms with van der Waals surface area (Å²) < 4.78 is 5.22. The van der Waals surface area contributed by atoms with Crippen molar-refractivity contribution in [2.75, 3.05) is 10.6 Å². The normalized spacial score (nSPS) is 9.78. The molecule has 0 saturated heterocycles. The van der Waals surface area contributed by atoms with Crippen molar-refractivity contribution < 1.29 is 9.53 Å². The maximum absolute atomic E-state index is 11.8. The maximum Gasteiger partial charge on any atom is 0.412 e. The Kier molecular flexibility index (Phi) is 11.4. The number of ether oxygens (including phenoxy) is 1. The standard InChI is InChI=1S/C16H20N4O2.C3H8.C2H6/c1-11-8-14(18-10-17-11)19-12-6-5-7-13(9-12)20-15(21)22-16(2,3)4;1-3-2;1-2/h5-10H,1-4H3,(H,20,21)(H,17,18,19);3H2,1-2H3;1-2H3. The number of nitrogens with zero attached hydrogens (tertiary/aromatic N) is 2. The summed E-state index contributed by atoms with van der Waals surface area (Å²) in [5.74, 6) is 0.696. The molecule has 0 aliphatic heterocycles. The van der Waals surface area contributed by atoms with E-state index in [1.165, 1.54) is 12.7 Å². The Bertz CT molecular complexity index is 682.